The monoisotopic (exact) mass is 504 g/mol. The van der Waals surface area contributed by atoms with Crippen LogP contribution in [0.25, 0.3) is 0 Å². The number of benzene rings is 1. The molecule has 2 N–H and O–H groups in total. The zero-order valence-electron chi connectivity index (χ0n) is 20.0. The van der Waals surface area contributed by atoms with Crippen LogP contribution in [0.15, 0.2) is 40.1 Å². The summed E-state index contributed by atoms with van der Waals surface area (Å²) >= 11 is 2.97. The van der Waals surface area contributed by atoms with E-state index < -0.39 is 6.23 Å². The van der Waals surface area contributed by atoms with E-state index in [-0.39, 0.29) is 17.7 Å². The van der Waals surface area contributed by atoms with Crippen molar-refractivity contribution < 1.29 is 19.4 Å². The molecule has 2 amide bonds. The van der Waals surface area contributed by atoms with E-state index in [9.17, 15) is 14.7 Å². The second-order valence-electron chi connectivity index (χ2n) is 8.41. The van der Waals surface area contributed by atoms with Crippen LogP contribution in [0, 0.1) is 12.8 Å². The summed E-state index contributed by atoms with van der Waals surface area (Å²) in [5.74, 6) is 0.374. The number of aliphatic hydroxyl groups excluding tert-OH is 1. The van der Waals surface area contributed by atoms with Gasteiger partial charge in [0.1, 0.15) is 12.0 Å². The minimum absolute atomic E-state index is 0.0679. The Morgan fingerprint density at radius 2 is 1.97 bits per heavy atom. The summed E-state index contributed by atoms with van der Waals surface area (Å²) in [6.45, 7) is 11.5. The molecule has 34 heavy (non-hydrogen) atoms. The Balaban J connectivity index is 1.79. The number of methoxy groups -OCH3 is 1. The normalized spacial score (nSPS) is 15.1. The van der Waals surface area contributed by atoms with E-state index in [1.807, 2.05) is 32.9 Å². The third-order valence-corrected chi connectivity index (χ3v) is 7.78. The SMILES string of the molecule is C=CC(=O)N1CCCN(C(=O)c2cc(Sc3cnc(NC(O)C(C)C)s3)c(C)cc2OC)CC1. The molecule has 3 rings (SSSR count). The molecule has 1 aliphatic heterocycles. The maximum Gasteiger partial charge on any atom is 0.257 e. The average molecular weight is 505 g/mol. The number of hydrogen-bond donors (Lipinski definition) is 2. The van der Waals surface area contributed by atoms with Gasteiger partial charge in [0.2, 0.25) is 5.91 Å². The van der Waals surface area contributed by atoms with Crippen molar-refractivity contribution in [1.82, 2.24) is 14.8 Å². The van der Waals surface area contributed by atoms with Gasteiger partial charge in [-0.25, -0.2) is 4.98 Å². The van der Waals surface area contributed by atoms with Gasteiger partial charge in [-0.05, 0) is 43.0 Å². The molecule has 1 atom stereocenters. The van der Waals surface area contributed by atoms with E-state index >= 15 is 0 Å². The minimum Gasteiger partial charge on any atom is -0.496 e. The van der Waals surface area contributed by atoms with Gasteiger partial charge < -0.3 is 25.0 Å². The van der Waals surface area contributed by atoms with Crippen LogP contribution in [0.3, 0.4) is 0 Å². The molecule has 1 aromatic carbocycles. The number of aryl methyl sites for hydroxylation is 1. The number of nitrogens with zero attached hydrogens (tertiary/aromatic N) is 3. The van der Waals surface area contributed by atoms with Crippen LogP contribution >= 0.6 is 23.1 Å². The summed E-state index contributed by atoms with van der Waals surface area (Å²) < 4.78 is 6.48. The van der Waals surface area contributed by atoms with Gasteiger partial charge in [0, 0.05) is 31.1 Å². The fourth-order valence-electron chi connectivity index (χ4n) is 3.52. The van der Waals surface area contributed by atoms with Gasteiger partial charge in [-0.1, -0.05) is 43.5 Å². The van der Waals surface area contributed by atoms with E-state index in [0.717, 1.165) is 14.7 Å². The molecule has 0 bridgehead atoms. The minimum atomic E-state index is -0.665. The zero-order chi connectivity index (χ0) is 24.8. The number of rotatable bonds is 8. The van der Waals surface area contributed by atoms with Crippen LogP contribution in [0.4, 0.5) is 5.13 Å². The summed E-state index contributed by atoms with van der Waals surface area (Å²) in [4.78, 5) is 34.2. The Kier molecular flexibility index (Phi) is 8.98. The molecule has 10 heteroatoms. The molecule has 0 saturated carbocycles. The van der Waals surface area contributed by atoms with E-state index in [4.69, 9.17) is 4.74 Å². The Labute approximate surface area is 209 Å². The fraction of sp³-hybridized carbons (Fsp3) is 0.458. The third-order valence-electron chi connectivity index (χ3n) is 5.59. The van der Waals surface area contributed by atoms with Crippen molar-refractivity contribution in [1.29, 1.82) is 0 Å². The summed E-state index contributed by atoms with van der Waals surface area (Å²) in [5.41, 5.74) is 1.49. The number of carbonyl (C=O) groups excluding carboxylic acids is 2. The van der Waals surface area contributed by atoms with E-state index in [2.05, 4.69) is 16.9 Å². The molecule has 0 spiro atoms. The molecular formula is C24H32N4O4S2. The molecule has 0 aliphatic carbocycles. The highest BCUT2D eigenvalue weighted by Gasteiger charge is 2.25. The molecule has 8 nitrogen and oxygen atoms in total. The van der Waals surface area contributed by atoms with Gasteiger partial charge in [-0.2, -0.15) is 0 Å². The molecule has 184 valence electrons. The van der Waals surface area contributed by atoms with Crippen molar-refractivity contribution in [2.24, 2.45) is 5.92 Å². The third kappa shape index (κ3) is 6.31. The van der Waals surface area contributed by atoms with E-state index in [1.165, 1.54) is 29.2 Å². The highest BCUT2D eigenvalue weighted by atomic mass is 32.2. The quantitative estimate of drug-likeness (QED) is 0.416. The number of anilines is 1. The summed E-state index contributed by atoms with van der Waals surface area (Å²) in [5, 5.41) is 13.7. The summed E-state index contributed by atoms with van der Waals surface area (Å²) in [6, 6.07) is 3.75. The topological polar surface area (TPSA) is 95.0 Å². The van der Waals surface area contributed by atoms with Gasteiger partial charge in [0.15, 0.2) is 5.13 Å². The molecule has 1 aromatic heterocycles. The number of ether oxygens (including phenoxy) is 1. The van der Waals surface area contributed by atoms with Crippen LogP contribution in [-0.2, 0) is 4.79 Å². The second-order valence-corrected chi connectivity index (χ2v) is 10.8. The number of amides is 2. The smallest absolute Gasteiger partial charge is 0.257 e. The predicted molar refractivity (Wildman–Crippen MR) is 136 cm³/mol. The molecule has 1 unspecified atom stereocenters. The number of aromatic nitrogens is 1. The number of aliphatic hydroxyl groups is 1. The van der Waals surface area contributed by atoms with Gasteiger partial charge in [-0.15, -0.1) is 0 Å². The predicted octanol–water partition coefficient (Wildman–Crippen LogP) is 3.86. The van der Waals surface area contributed by atoms with Crippen LogP contribution in [0.5, 0.6) is 5.75 Å². The van der Waals surface area contributed by atoms with Crippen molar-refractivity contribution in [2.75, 3.05) is 38.6 Å². The van der Waals surface area contributed by atoms with Crippen molar-refractivity contribution in [3.05, 3.63) is 42.1 Å². The van der Waals surface area contributed by atoms with Crippen LogP contribution in [0.1, 0.15) is 36.2 Å². The molecule has 2 heterocycles. The number of nitrogens with one attached hydrogen (secondary N) is 1. The Bertz CT molecular complexity index is 1040. The lowest BCUT2D eigenvalue weighted by molar-refractivity contribution is -0.125. The van der Waals surface area contributed by atoms with Gasteiger partial charge >= 0.3 is 0 Å². The summed E-state index contributed by atoms with van der Waals surface area (Å²) in [7, 11) is 1.56. The number of thiazole rings is 1. The summed E-state index contributed by atoms with van der Waals surface area (Å²) in [6.07, 6.45) is 3.12. The van der Waals surface area contributed by atoms with Crippen LogP contribution in [0.2, 0.25) is 0 Å². The first kappa shape index (κ1) is 26.1. The van der Waals surface area contributed by atoms with E-state index in [0.29, 0.717) is 49.0 Å². The largest absolute Gasteiger partial charge is 0.496 e. The molecule has 2 aromatic rings. The first-order chi connectivity index (χ1) is 16.2. The van der Waals surface area contributed by atoms with Crippen molar-refractivity contribution in [2.45, 2.75) is 42.5 Å². The zero-order valence-corrected chi connectivity index (χ0v) is 21.7. The van der Waals surface area contributed by atoms with E-state index in [1.54, 1.807) is 23.1 Å². The Hall–Kier alpha value is -2.56. The number of carbonyl (C=O) groups is 2. The lowest BCUT2D eigenvalue weighted by Gasteiger charge is -2.23. The standard InChI is InChI=1S/C24H32N4O4S2/c1-6-20(29)27-8-7-9-28(11-10-27)23(31)17-13-19(16(4)12-18(17)32-5)33-21-14-25-24(34-21)26-22(30)15(2)3/h6,12-15,22,30H,1,7-11H2,2-5H3,(H,25,26). The first-order valence-corrected chi connectivity index (χ1v) is 12.8. The maximum atomic E-state index is 13.4. The molecular weight excluding hydrogens is 472 g/mol. The Morgan fingerprint density at radius 1 is 1.26 bits per heavy atom. The van der Waals surface area contributed by atoms with Crippen molar-refractivity contribution in [3.8, 4) is 5.75 Å². The van der Waals surface area contributed by atoms with Gasteiger partial charge in [-0.3, -0.25) is 9.59 Å². The molecule has 1 saturated heterocycles. The Morgan fingerprint density at radius 3 is 2.65 bits per heavy atom. The first-order valence-electron chi connectivity index (χ1n) is 11.2. The van der Waals surface area contributed by atoms with Crippen LogP contribution < -0.4 is 10.1 Å². The highest BCUT2D eigenvalue weighted by molar-refractivity contribution is 8.01. The molecule has 1 fully saturated rings. The maximum absolute atomic E-state index is 13.4. The second kappa shape index (κ2) is 11.7. The highest BCUT2D eigenvalue weighted by Crippen LogP contribution is 2.38. The lowest BCUT2D eigenvalue weighted by atomic mass is 10.1. The lowest BCUT2D eigenvalue weighted by Crippen LogP contribution is -2.36. The molecule has 1 aliphatic rings. The van der Waals surface area contributed by atoms with Gasteiger partial charge in [0.25, 0.3) is 5.91 Å². The van der Waals surface area contributed by atoms with Crippen molar-refractivity contribution >= 4 is 40.0 Å². The average Bonchev–Trinajstić information content (AvgIpc) is 3.10. The van der Waals surface area contributed by atoms with Crippen molar-refractivity contribution in [3.63, 3.8) is 0 Å². The van der Waals surface area contributed by atoms with Crippen LogP contribution in [-0.4, -0.2) is 71.2 Å². The van der Waals surface area contributed by atoms with Gasteiger partial charge in [0.05, 0.1) is 23.1 Å². The number of hydrogen-bond acceptors (Lipinski definition) is 8. The fourth-order valence-corrected chi connectivity index (χ4v) is 5.50. The molecule has 0 radical (unpaired) electrons.